The summed E-state index contributed by atoms with van der Waals surface area (Å²) in [6.45, 7) is 7.21. The first kappa shape index (κ1) is 32.4. The number of hydrogen-bond acceptors (Lipinski definition) is 5. The summed E-state index contributed by atoms with van der Waals surface area (Å²) in [4.78, 5) is 40.8. The minimum absolute atomic E-state index is 0.0805. The van der Waals surface area contributed by atoms with Crippen molar-refractivity contribution in [3.8, 4) is 0 Å². The van der Waals surface area contributed by atoms with Gasteiger partial charge in [-0.05, 0) is 60.1 Å². The van der Waals surface area contributed by atoms with Crippen molar-refractivity contribution >= 4 is 32.6 Å². The molecule has 1 heterocycles. The van der Waals surface area contributed by atoms with Crippen molar-refractivity contribution in [3.05, 3.63) is 65.0 Å². The van der Waals surface area contributed by atoms with Crippen molar-refractivity contribution in [1.29, 1.82) is 0 Å². The lowest BCUT2D eigenvalue weighted by Gasteiger charge is -2.34. The number of hydrogen-bond donors (Lipinski definition) is 4. The number of aliphatic hydroxyl groups excluding tert-OH is 1. The smallest absolute Gasteiger partial charge is 0.254 e. The first-order chi connectivity index (χ1) is 19.3. The van der Waals surface area contributed by atoms with Crippen LogP contribution in [-0.4, -0.2) is 71.5 Å². The van der Waals surface area contributed by atoms with Crippen molar-refractivity contribution < 1.29 is 28.3 Å². The Morgan fingerprint density at radius 2 is 1.85 bits per heavy atom. The molecule has 0 aliphatic carbocycles. The fourth-order valence-corrected chi connectivity index (χ4v) is 4.78. The lowest BCUT2D eigenvalue weighted by molar-refractivity contribution is -0.146. The normalized spacial score (nSPS) is 15.5. The average molecular weight is 591 g/mol. The van der Waals surface area contributed by atoms with Crippen molar-refractivity contribution in [1.82, 2.24) is 15.5 Å². The van der Waals surface area contributed by atoms with E-state index in [1.54, 1.807) is 32.0 Å². The molecular formula is C30H41F2N4O4P. The number of anilines is 1. The maximum atomic E-state index is 15.4. The van der Waals surface area contributed by atoms with E-state index in [4.69, 9.17) is 0 Å². The van der Waals surface area contributed by atoms with E-state index < -0.39 is 60.1 Å². The van der Waals surface area contributed by atoms with Crippen LogP contribution in [0.1, 0.15) is 49.2 Å². The highest BCUT2D eigenvalue weighted by atomic mass is 31.0. The van der Waals surface area contributed by atoms with Crippen LogP contribution in [0.5, 0.6) is 0 Å². The molecule has 1 aliphatic rings. The van der Waals surface area contributed by atoms with Gasteiger partial charge in [0.2, 0.25) is 5.91 Å². The van der Waals surface area contributed by atoms with Gasteiger partial charge < -0.3 is 26.0 Å². The van der Waals surface area contributed by atoms with Gasteiger partial charge in [-0.1, -0.05) is 55.1 Å². The van der Waals surface area contributed by atoms with Crippen LogP contribution in [0.25, 0.3) is 0 Å². The predicted octanol–water partition coefficient (Wildman–Crippen LogP) is 3.29. The summed E-state index contributed by atoms with van der Waals surface area (Å²) in [7, 11) is 2.09. The fraction of sp³-hybridized carbons (Fsp3) is 0.500. The average Bonchev–Trinajstić information content (AvgIpc) is 3.39. The van der Waals surface area contributed by atoms with Gasteiger partial charge in [0, 0.05) is 24.3 Å². The molecule has 0 radical (unpaired) electrons. The van der Waals surface area contributed by atoms with Gasteiger partial charge in [0.25, 0.3) is 11.8 Å². The first-order valence-electron chi connectivity index (χ1n) is 13.9. The van der Waals surface area contributed by atoms with Crippen LogP contribution in [0, 0.1) is 17.7 Å². The van der Waals surface area contributed by atoms with Gasteiger partial charge in [-0.3, -0.25) is 14.4 Å². The number of benzene rings is 2. The molecular weight excluding hydrogens is 549 g/mol. The minimum Gasteiger partial charge on any atom is -0.384 e. The molecule has 0 fully saturated rings. The molecule has 2 aromatic carbocycles. The Hall–Kier alpha value is -3.10. The molecule has 0 saturated heterocycles. The summed E-state index contributed by atoms with van der Waals surface area (Å²) in [5.74, 6) is -2.79. The van der Waals surface area contributed by atoms with Gasteiger partial charge in [-0.25, -0.2) is 8.78 Å². The second-order valence-corrected chi connectivity index (χ2v) is 12.3. The third-order valence-electron chi connectivity index (χ3n) is 7.15. The number of amides is 3. The van der Waals surface area contributed by atoms with Crippen molar-refractivity contribution in [2.45, 2.75) is 58.1 Å². The van der Waals surface area contributed by atoms with E-state index in [1.807, 2.05) is 19.9 Å². The number of carbonyl (C=O) groups excluding carboxylic acids is 3. The fourth-order valence-electron chi connectivity index (χ4n) is 4.56. The molecule has 4 unspecified atom stereocenters. The first-order valence-corrected chi connectivity index (χ1v) is 14.5. The third-order valence-corrected chi connectivity index (χ3v) is 8.00. The molecule has 0 bridgehead atoms. The van der Waals surface area contributed by atoms with Crippen molar-refractivity contribution in [3.63, 3.8) is 0 Å². The molecule has 41 heavy (non-hydrogen) atoms. The van der Waals surface area contributed by atoms with Crippen LogP contribution in [0.15, 0.2) is 42.5 Å². The Labute approximate surface area is 242 Å². The molecule has 8 nitrogen and oxygen atoms in total. The Morgan fingerprint density at radius 1 is 1.15 bits per heavy atom. The highest BCUT2D eigenvalue weighted by Crippen LogP contribution is 2.31. The van der Waals surface area contributed by atoms with E-state index in [0.717, 1.165) is 16.2 Å². The Balaban J connectivity index is 1.90. The number of halogens is 2. The zero-order chi connectivity index (χ0) is 30.3. The lowest BCUT2D eigenvalue weighted by atomic mass is 9.98. The van der Waals surface area contributed by atoms with Crippen molar-refractivity contribution in [2.75, 3.05) is 31.5 Å². The lowest BCUT2D eigenvalue weighted by Crippen LogP contribution is -2.56. The molecule has 3 rings (SSSR count). The Kier molecular flexibility index (Phi) is 11.2. The topological polar surface area (TPSA) is 111 Å². The van der Waals surface area contributed by atoms with E-state index in [1.165, 1.54) is 18.2 Å². The summed E-state index contributed by atoms with van der Waals surface area (Å²) < 4.78 is 29.4. The van der Waals surface area contributed by atoms with Gasteiger partial charge in [0.15, 0.2) is 6.10 Å². The van der Waals surface area contributed by atoms with Crippen LogP contribution in [0.2, 0.25) is 0 Å². The number of nitrogens with zero attached hydrogens (tertiary/aromatic N) is 1. The summed E-state index contributed by atoms with van der Waals surface area (Å²) in [6.07, 6.45) is -1.29. The van der Waals surface area contributed by atoms with E-state index in [9.17, 15) is 23.9 Å². The second kappa shape index (κ2) is 14.2. The summed E-state index contributed by atoms with van der Waals surface area (Å²) in [5.41, 5.74) is 2.49. The zero-order valence-electron chi connectivity index (χ0n) is 24.0. The maximum absolute atomic E-state index is 15.4. The molecule has 11 heteroatoms. The molecule has 3 amide bonds. The van der Waals surface area contributed by atoms with Gasteiger partial charge >= 0.3 is 0 Å². The van der Waals surface area contributed by atoms with Crippen LogP contribution in [0.4, 0.5) is 14.5 Å². The SMILES string of the molecule is CC(C)CNC(=O)CN(CC(F)(P)C(C)C)C(=O)C(O)C(Cc1cccc(F)c1)NC(=O)c1cccc2c1CCN2. The maximum Gasteiger partial charge on any atom is 0.254 e. The zero-order valence-corrected chi connectivity index (χ0v) is 25.2. The number of fused-ring (bicyclic) bond motifs is 1. The number of carbonyl (C=O) groups is 3. The summed E-state index contributed by atoms with van der Waals surface area (Å²) >= 11 is 0. The highest BCUT2D eigenvalue weighted by molar-refractivity contribution is 7.18. The van der Waals surface area contributed by atoms with Gasteiger partial charge in [-0.15, -0.1) is 0 Å². The molecule has 4 atom stereocenters. The predicted molar refractivity (Wildman–Crippen MR) is 159 cm³/mol. The van der Waals surface area contributed by atoms with E-state index >= 15 is 4.39 Å². The Bertz CT molecular complexity index is 1240. The molecule has 4 N–H and O–H groups in total. The molecule has 1 aliphatic heterocycles. The van der Waals surface area contributed by atoms with Gasteiger partial charge in [0.05, 0.1) is 19.1 Å². The number of nitrogens with one attached hydrogen (secondary N) is 3. The number of aliphatic hydroxyl groups is 1. The van der Waals surface area contributed by atoms with Crippen LogP contribution in [-0.2, 0) is 22.4 Å². The summed E-state index contributed by atoms with van der Waals surface area (Å²) in [6, 6.07) is 9.70. The van der Waals surface area contributed by atoms with E-state index in [2.05, 4.69) is 25.2 Å². The van der Waals surface area contributed by atoms with Crippen LogP contribution >= 0.6 is 9.24 Å². The molecule has 0 aromatic heterocycles. The number of alkyl halides is 1. The largest absolute Gasteiger partial charge is 0.384 e. The second-order valence-electron chi connectivity index (χ2n) is 11.3. The monoisotopic (exact) mass is 590 g/mol. The van der Waals surface area contributed by atoms with Crippen molar-refractivity contribution in [2.24, 2.45) is 11.8 Å². The quantitative estimate of drug-likeness (QED) is 0.268. The van der Waals surface area contributed by atoms with Crippen LogP contribution in [0.3, 0.4) is 0 Å². The van der Waals surface area contributed by atoms with Gasteiger partial charge in [0.1, 0.15) is 11.2 Å². The van der Waals surface area contributed by atoms with Crippen LogP contribution < -0.4 is 16.0 Å². The third kappa shape index (κ3) is 8.94. The Morgan fingerprint density at radius 3 is 2.51 bits per heavy atom. The van der Waals surface area contributed by atoms with E-state index in [-0.39, 0.29) is 12.3 Å². The van der Waals surface area contributed by atoms with E-state index in [0.29, 0.717) is 30.6 Å². The standard InChI is InChI=1S/C30H41F2N4O4P/c1-18(2)15-34-26(37)16-36(17-30(32,41)19(3)4)29(40)27(38)25(14-20-7-5-8-21(31)13-20)35-28(39)23-9-6-10-24-22(23)11-12-33-24/h5-10,13,18-19,25,27,33,38H,11-12,14-17,41H2,1-4H3,(H,34,37)(H,35,39). The molecule has 0 saturated carbocycles. The van der Waals surface area contributed by atoms with Gasteiger partial charge in [-0.2, -0.15) is 0 Å². The summed E-state index contributed by atoms with van der Waals surface area (Å²) in [5, 5.41) is 18.1. The number of rotatable bonds is 13. The minimum atomic E-state index is -1.94. The molecule has 224 valence electrons. The highest BCUT2D eigenvalue weighted by Gasteiger charge is 2.38. The molecule has 2 aromatic rings. The molecule has 0 spiro atoms.